The third-order valence-electron chi connectivity index (χ3n) is 2.26. The third-order valence-corrected chi connectivity index (χ3v) is 2.26. The molecule has 0 spiro atoms. The summed E-state index contributed by atoms with van der Waals surface area (Å²) in [5.41, 5.74) is 5.60. The smallest absolute Gasteiger partial charge is 0.0927 e. The third kappa shape index (κ3) is 2.15. The van der Waals surface area contributed by atoms with Gasteiger partial charge in [0.15, 0.2) is 0 Å². The van der Waals surface area contributed by atoms with E-state index in [9.17, 15) is 0 Å². The van der Waals surface area contributed by atoms with E-state index in [0.29, 0.717) is 6.54 Å². The van der Waals surface area contributed by atoms with E-state index in [-0.39, 0.29) is 5.60 Å². The fourth-order valence-electron chi connectivity index (χ4n) is 1.60. The molecule has 1 aliphatic rings. The molecule has 1 fully saturated rings. The second kappa shape index (κ2) is 4.04. The van der Waals surface area contributed by atoms with Crippen molar-refractivity contribution in [2.24, 2.45) is 5.73 Å². The van der Waals surface area contributed by atoms with Gasteiger partial charge >= 0.3 is 0 Å². The van der Waals surface area contributed by atoms with Crippen LogP contribution in [0.25, 0.3) is 0 Å². The van der Waals surface area contributed by atoms with Crippen molar-refractivity contribution in [3.8, 4) is 0 Å². The normalized spacial score (nSPS) is 32.2. The maximum Gasteiger partial charge on any atom is 0.0927 e. The largest absolute Gasteiger partial charge is 0.373 e. The molecule has 1 saturated heterocycles. The number of nitrogens with two attached hydrogens (primary N) is 1. The average Bonchev–Trinajstić information content (AvgIpc) is 2.07. The summed E-state index contributed by atoms with van der Waals surface area (Å²) in [6, 6.07) is 0. The van der Waals surface area contributed by atoms with Crippen LogP contribution in [0.3, 0.4) is 0 Å². The summed E-state index contributed by atoms with van der Waals surface area (Å²) in [7, 11) is 0. The molecule has 0 aromatic rings. The monoisotopic (exact) mass is 158 g/mol. The van der Waals surface area contributed by atoms with E-state index < -0.39 is 0 Å². The summed E-state index contributed by atoms with van der Waals surface area (Å²) < 4.78 is 5.63. The Balaban J connectivity index is 2.42. The Morgan fingerprint density at radius 2 is 2.45 bits per heavy atom. The predicted octanol–water partition coefficient (Wildman–Crippen LogP) is 0.104. The van der Waals surface area contributed by atoms with E-state index in [2.05, 4.69) is 5.32 Å². The van der Waals surface area contributed by atoms with Gasteiger partial charge in [-0.2, -0.15) is 0 Å². The lowest BCUT2D eigenvalue weighted by molar-refractivity contribution is -0.0473. The van der Waals surface area contributed by atoms with E-state index in [0.717, 1.165) is 26.1 Å². The van der Waals surface area contributed by atoms with Crippen molar-refractivity contribution < 1.29 is 4.74 Å². The molecule has 11 heavy (non-hydrogen) atoms. The minimum absolute atomic E-state index is 0.0625. The van der Waals surface area contributed by atoms with Gasteiger partial charge in [0.25, 0.3) is 0 Å². The highest BCUT2D eigenvalue weighted by Crippen LogP contribution is 2.18. The van der Waals surface area contributed by atoms with Crippen molar-refractivity contribution in [2.75, 3.05) is 26.2 Å². The van der Waals surface area contributed by atoms with Crippen molar-refractivity contribution in [2.45, 2.75) is 25.4 Å². The summed E-state index contributed by atoms with van der Waals surface area (Å²) in [4.78, 5) is 0. The van der Waals surface area contributed by atoms with Crippen LogP contribution >= 0.6 is 0 Å². The number of piperidine rings is 1. The molecular formula is C8H18N2O. The summed E-state index contributed by atoms with van der Waals surface area (Å²) >= 11 is 0. The Kier molecular flexibility index (Phi) is 3.30. The molecular weight excluding hydrogens is 140 g/mol. The minimum atomic E-state index is -0.0625. The fraction of sp³-hybridized carbons (Fsp3) is 1.00. The maximum atomic E-state index is 5.66. The van der Waals surface area contributed by atoms with E-state index in [4.69, 9.17) is 10.5 Å². The number of nitrogens with one attached hydrogen (secondary N) is 1. The standard InChI is InChI=1S/C8H18N2O/c1-2-11-8(6-9)4-3-5-10-7-8/h10H,2-7,9H2,1H3. The molecule has 0 aliphatic carbocycles. The van der Waals surface area contributed by atoms with Crippen molar-refractivity contribution in [3.05, 3.63) is 0 Å². The Bertz CT molecular complexity index is 105. The first kappa shape index (κ1) is 8.97. The van der Waals surface area contributed by atoms with Crippen molar-refractivity contribution in [1.29, 1.82) is 0 Å². The first-order valence-electron chi connectivity index (χ1n) is 4.38. The molecule has 0 radical (unpaired) electrons. The highest BCUT2D eigenvalue weighted by Gasteiger charge is 2.30. The molecule has 0 bridgehead atoms. The lowest BCUT2D eigenvalue weighted by Crippen LogP contribution is -2.52. The van der Waals surface area contributed by atoms with Gasteiger partial charge < -0.3 is 15.8 Å². The number of ether oxygens (including phenoxy) is 1. The molecule has 1 rings (SSSR count). The van der Waals surface area contributed by atoms with Gasteiger partial charge in [-0.3, -0.25) is 0 Å². The van der Waals surface area contributed by atoms with E-state index in [1.165, 1.54) is 6.42 Å². The van der Waals surface area contributed by atoms with Gasteiger partial charge in [0, 0.05) is 19.7 Å². The number of rotatable bonds is 3. The van der Waals surface area contributed by atoms with Crippen LogP contribution in [0.5, 0.6) is 0 Å². The predicted molar refractivity (Wildman–Crippen MR) is 45.5 cm³/mol. The van der Waals surface area contributed by atoms with Crippen LogP contribution in [-0.2, 0) is 4.74 Å². The average molecular weight is 158 g/mol. The Morgan fingerprint density at radius 1 is 1.64 bits per heavy atom. The number of hydrogen-bond donors (Lipinski definition) is 2. The van der Waals surface area contributed by atoms with Gasteiger partial charge in [0.2, 0.25) is 0 Å². The zero-order valence-electron chi connectivity index (χ0n) is 7.23. The van der Waals surface area contributed by atoms with E-state index in [1.54, 1.807) is 0 Å². The van der Waals surface area contributed by atoms with Gasteiger partial charge in [-0.05, 0) is 26.3 Å². The van der Waals surface area contributed by atoms with Gasteiger partial charge in [0.05, 0.1) is 5.60 Å². The maximum absolute atomic E-state index is 5.66. The Morgan fingerprint density at radius 3 is 2.91 bits per heavy atom. The molecule has 1 heterocycles. The van der Waals surface area contributed by atoms with Crippen molar-refractivity contribution >= 4 is 0 Å². The van der Waals surface area contributed by atoms with Gasteiger partial charge in [-0.15, -0.1) is 0 Å². The molecule has 1 atom stereocenters. The quantitative estimate of drug-likeness (QED) is 0.612. The molecule has 0 aromatic heterocycles. The first-order valence-corrected chi connectivity index (χ1v) is 4.38. The molecule has 1 unspecified atom stereocenters. The molecule has 3 heteroatoms. The van der Waals surface area contributed by atoms with Crippen molar-refractivity contribution in [1.82, 2.24) is 5.32 Å². The Labute approximate surface area is 68.3 Å². The SMILES string of the molecule is CCOC1(CN)CCCNC1. The molecule has 0 amide bonds. The lowest BCUT2D eigenvalue weighted by Gasteiger charge is -2.36. The lowest BCUT2D eigenvalue weighted by atomic mass is 9.94. The summed E-state index contributed by atoms with van der Waals surface area (Å²) in [5.74, 6) is 0. The van der Waals surface area contributed by atoms with E-state index >= 15 is 0 Å². The summed E-state index contributed by atoms with van der Waals surface area (Å²) in [6.45, 7) is 5.44. The summed E-state index contributed by atoms with van der Waals surface area (Å²) in [5, 5.41) is 3.31. The molecule has 0 saturated carbocycles. The van der Waals surface area contributed by atoms with Gasteiger partial charge in [-0.25, -0.2) is 0 Å². The van der Waals surface area contributed by atoms with Crippen molar-refractivity contribution in [3.63, 3.8) is 0 Å². The molecule has 3 nitrogen and oxygen atoms in total. The summed E-state index contributed by atoms with van der Waals surface area (Å²) in [6.07, 6.45) is 2.28. The molecule has 0 aromatic carbocycles. The molecule has 66 valence electrons. The minimum Gasteiger partial charge on any atom is -0.373 e. The van der Waals surface area contributed by atoms with Crippen LogP contribution in [0, 0.1) is 0 Å². The second-order valence-electron chi connectivity index (χ2n) is 3.10. The number of hydrogen-bond acceptors (Lipinski definition) is 3. The highest BCUT2D eigenvalue weighted by molar-refractivity contribution is 4.87. The van der Waals surface area contributed by atoms with Crippen LogP contribution in [0.1, 0.15) is 19.8 Å². The Hall–Kier alpha value is -0.120. The van der Waals surface area contributed by atoms with E-state index in [1.807, 2.05) is 6.92 Å². The fourth-order valence-corrected chi connectivity index (χ4v) is 1.60. The van der Waals surface area contributed by atoms with Crippen LogP contribution in [0.15, 0.2) is 0 Å². The van der Waals surface area contributed by atoms with Crippen LogP contribution in [0.4, 0.5) is 0 Å². The van der Waals surface area contributed by atoms with Crippen LogP contribution in [0.2, 0.25) is 0 Å². The van der Waals surface area contributed by atoms with Crippen LogP contribution in [-0.4, -0.2) is 31.8 Å². The topological polar surface area (TPSA) is 47.3 Å². The second-order valence-corrected chi connectivity index (χ2v) is 3.10. The zero-order valence-corrected chi connectivity index (χ0v) is 7.23. The van der Waals surface area contributed by atoms with Crippen LogP contribution < -0.4 is 11.1 Å². The van der Waals surface area contributed by atoms with Gasteiger partial charge in [-0.1, -0.05) is 0 Å². The molecule has 3 N–H and O–H groups in total. The highest BCUT2D eigenvalue weighted by atomic mass is 16.5. The first-order chi connectivity index (χ1) is 5.33. The van der Waals surface area contributed by atoms with Gasteiger partial charge in [0.1, 0.15) is 0 Å². The zero-order chi connectivity index (χ0) is 8.16. The molecule has 1 aliphatic heterocycles.